The molecule has 0 radical (unpaired) electrons. The van der Waals surface area contributed by atoms with E-state index in [9.17, 15) is 9.59 Å². The normalized spacial score (nSPS) is 18.6. The van der Waals surface area contributed by atoms with Gasteiger partial charge < -0.3 is 9.88 Å². The van der Waals surface area contributed by atoms with Crippen LogP contribution in [0.5, 0.6) is 0 Å². The standard InChI is InChI=1S/C22H25ClN4O2/c23-16-12-18-17(11-15(16)22(29)26-9-5-2-6-10-26)25-21(28)19-13-24-20(27(18)19)14-7-3-1-4-8-14/h11-14H,1-10H2,(H,25,28). The number of imidazole rings is 1. The number of nitrogens with zero attached hydrogens (tertiary/aromatic N) is 3. The highest BCUT2D eigenvalue weighted by Gasteiger charge is 2.24. The van der Waals surface area contributed by atoms with Crippen LogP contribution in [0.4, 0.5) is 0 Å². The third kappa shape index (κ3) is 3.23. The van der Waals surface area contributed by atoms with Crippen LogP contribution in [0.2, 0.25) is 5.02 Å². The van der Waals surface area contributed by atoms with E-state index in [1.54, 1.807) is 12.3 Å². The molecule has 1 aliphatic heterocycles. The summed E-state index contributed by atoms with van der Waals surface area (Å²) in [6, 6.07) is 3.55. The number of nitrogens with one attached hydrogen (secondary N) is 1. The van der Waals surface area contributed by atoms with E-state index in [2.05, 4.69) is 9.97 Å². The molecule has 3 aromatic rings. The predicted molar refractivity (Wildman–Crippen MR) is 114 cm³/mol. The molecule has 1 saturated carbocycles. The first-order chi connectivity index (χ1) is 14.1. The minimum Gasteiger partial charge on any atom is -0.339 e. The molecule has 1 amide bonds. The molecule has 1 aromatic carbocycles. The Morgan fingerprint density at radius 3 is 2.52 bits per heavy atom. The van der Waals surface area contributed by atoms with Crippen molar-refractivity contribution < 1.29 is 4.79 Å². The van der Waals surface area contributed by atoms with Gasteiger partial charge in [-0.3, -0.25) is 14.0 Å². The summed E-state index contributed by atoms with van der Waals surface area (Å²) in [5, 5.41) is 0.421. The van der Waals surface area contributed by atoms with Crippen LogP contribution in [0, 0.1) is 0 Å². The second-order valence-electron chi connectivity index (χ2n) is 8.33. The Hall–Kier alpha value is -2.34. The largest absolute Gasteiger partial charge is 0.339 e. The van der Waals surface area contributed by atoms with Crippen molar-refractivity contribution in [2.24, 2.45) is 0 Å². The van der Waals surface area contributed by atoms with Crippen LogP contribution >= 0.6 is 11.6 Å². The Labute approximate surface area is 173 Å². The average Bonchev–Trinajstić information content (AvgIpc) is 3.21. The summed E-state index contributed by atoms with van der Waals surface area (Å²) < 4.78 is 1.95. The number of hydrogen-bond acceptors (Lipinski definition) is 3. The monoisotopic (exact) mass is 412 g/mol. The maximum absolute atomic E-state index is 13.0. The number of hydrogen-bond donors (Lipinski definition) is 1. The predicted octanol–water partition coefficient (Wildman–Crippen LogP) is 4.50. The highest BCUT2D eigenvalue weighted by atomic mass is 35.5. The van der Waals surface area contributed by atoms with Crippen LogP contribution < -0.4 is 5.56 Å². The Kier molecular flexibility index (Phi) is 4.82. The third-order valence-corrected chi connectivity index (χ3v) is 6.75. The Morgan fingerprint density at radius 2 is 1.76 bits per heavy atom. The van der Waals surface area contributed by atoms with Crippen molar-refractivity contribution in [2.45, 2.75) is 57.3 Å². The molecule has 2 aliphatic rings. The highest BCUT2D eigenvalue weighted by molar-refractivity contribution is 6.34. The van der Waals surface area contributed by atoms with Crippen molar-refractivity contribution in [3.63, 3.8) is 0 Å². The molecule has 0 spiro atoms. The zero-order valence-corrected chi connectivity index (χ0v) is 17.2. The Bertz CT molecular complexity index is 1140. The van der Waals surface area contributed by atoms with Crippen molar-refractivity contribution in [1.29, 1.82) is 0 Å². The molecule has 0 atom stereocenters. The molecule has 2 aromatic heterocycles. The van der Waals surface area contributed by atoms with Crippen LogP contribution in [0.25, 0.3) is 16.6 Å². The number of carbonyl (C=O) groups excluding carboxylic acids is 1. The number of piperidine rings is 1. The second-order valence-corrected chi connectivity index (χ2v) is 8.74. The van der Waals surface area contributed by atoms with Gasteiger partial charge in [0, 0.05) is 19.0 Å². The van der Waals surface area contributed by atoms with E-state index < -0.39 is 0 Å². The van der Waals surface area contributed by atoms with Gasteiger partial charge in [-0.25, -0.2) is 4.98 Å². The topological polar surface area (TPSA) is 70.5 Å². The first-order valence-electron chi connectivity index (χ1n) is 10.7. The smallest absolute Gasteiger partial charge is 0.274 e. The van der Waals surface area contributed by atoms with E-state index in [1.165, 1.54) is 19.3 Å². The quantitative estimate of drug-likeness (QED) is 0.673. The summed E-state index contributed by atoms with van der Waals surface area (Å²) in [6.45, 7) is 1.52. The molecule has 1 N–H and O–H groups in total. The van der Waals surface area contributed by atoms with Crippen LogP contribution in [0.1, 0.15) is 73.5 Å². The Balaban J connectivity index is 1.65. The minimum atomic E-state index is -0.189. The number of fused-ring (bicyclic) bond motifs is 3. The lowest BCUT2D eigenvalue weighted by Crippen LogP contribution is -2.35. The Morgan fingerprint density at radius 1 is 1.03 bits per heavy atom. The maximum atomic E-state index is 13.0. The summed E-state index contributed by atoms with van der Waals surface area (Å²) in [7, 11) is 0. The second kappa shape index (κ2) is 7.48. The first kappa shape index (κ1) is 18.7. The van der Waals surface area contributed by atoms with Gasteiger partial charge in [-0.1, -0.05) is 30.9 Å². The SMILES string of the molecule is O=C(c1cc2[nH]c(=O)c3cnc(C4CCCCC4)n3c2cc1Cl)N1CCCCC1. The molecule has 2 fully saturated rings. The molecule has 5 rings (SSSR count). The van der Waals surface area contributed by atoms with Crippen molar-refractivity contribution in [3.8, 4) is 0 Å². The molecular weight excluding hydrogens is 388 g/mol. The zero-order chi connectivity index (χ0) is 20.0. The summed E-state index contributed by atoms with van der Waals surface area (Å²) in [5.41, 5.74) is 2.23. The summed E-state index contributed by atoms with van der Waals surface area (Å²) in [5.74, 6) is 1.22. The van der Waals surface area contributed by atoms with Gasteiger partial charge in [0.05, 0.1) is 27.8 Å². The fraction of sp³-hybridized carbons (Fsp3) is 0.500. The van der Waals surface area contributed by atoms with Gasteiger partial charge in [0.1, 0.15) is 11.3 Å². The number of carbonyl (C=O) groups is 1. The fourth-order valence-electron chi connectivity index (χ4n) is 4.89. The fourth-order valence-corrected chi connectivity index (χ4v) is 5.13. The van der Waals surface area contributed by atoms with Gasteiger partial charge in [-0.05, 0) is 44.2 Å². The van der Waals surface area contributed by atoms with Gasteiger partial charge in [-0.15, -0.1) is 0 Å². The number of rotatable bonds is 2. The number of aromatic amines is 1. The van der Waals surface area contributed by atoms with Crippen LogP contribution in [-0.4, -0.2) is 38.3 Å². The highest BCUT2D eigenvalue weighted by Crippen LogP contribution is 2.34. The first-order valence-corrected chi connectivity index (χ1v) is 11.0. The van der Waals surface area contributed by atoms with Crippen LogP contribution in [0.15, 0.2) is 23.1 Å². The molecule has 152 valence electrons. The van der Waals surface area contributed by atoms with E-state index in [4.69, 9.17) is 11.6 Å². The minimum absolute atomic E-state index is 0.0596. The van der Waals surface area contributed by atoms with Crippen molar-refractivity contribution in [1.82, 2.24) is 19.3 Å². The molecule has 1 saturated heterocycles. The van der Waals surface area contributed by atoms with Gasteiger partial charge in [0.25, 0.3) is 11.5 Å². The third-order valence-electron chi connectivity index (χ3n) is 6.44. The number of halogens is 1. The summed E-state index contributed by atoms with van der Waals surface area (Å²) in [6.07, 6.45) is 10.7. The van der Waals surface area contributed by atoms with Crippen molar-refractivity contribution in [2.75, 3.05) is 13.1 Å². The van der Waals surface area contributed by atoms with Crippen molar-refractivity contribution in [3.05, 3.63) is 45.1 Å². The molecular formula is C22H25ClN4O2. The molecule has 7 heteroatoms. The molecule has 0 unspecified atom stereocenters. The molecule has 1 aliphatic carbocycles. The van der Waals surface area contributed by atoms with E-state index in [-0.39, 0.29) is 11.5 Å². The van der Waals surface area contributed by atoms with Crippen LogP contribution in [0.3, 0.4) is 0 Å². The number of aromatic nitrogens is 3. The van der Waals surface area contributed by atoms with E-state index in [1.807, 2.05) is 15.4 Å². The number of H-pyrrole nitrogens is 1. The lowest BCUT2D eigenvalue weighted by molar-refractivity contribution is 0.0724. The zero-order valence-electron chi connectivity index (χ0n) is 16.4. The number of likely N-dealkylation sites (tertiary alicyclic amines) is 1. The molecule has 29 heavy (non-hydrogen) atoms. The van der Waals surface area contributed by atoms with Gasteiger partial charge >= 0.3 is 0 Å². The van der Waals surface area contributed by atoms with Crippen molar-refractivity contribution >= 4 is 34.1 Å². The maximum Gasteiger partial charge on any atom is 0.274 e. The van der Waals surface area contributed by atoms with E-state index in [0.717, 1.165) is 56.5 Å². The van der Waals surface area contributed by atoms with Gasteiger partial charge in [0.15, 0.2) is 0 Å². The number of amides is 1. The lowest BCUT2D eigenvalue weighted by Gasteiger charge is -2.27. The summed E-state index contributed by atoms with van der Waals surface area (Å²) >= 11 is 6.59. The van der Waals surface area contributed by atoms with Gasteiger partial charge in [-0.2, -0.15) is 0 Å². The van der Waals surface area contributed by atoms with Gasteiger partial charge in [0.2, 0.25) is 0 Å². The molecule has 6 nitrogen and oxygen atoms in total. The molecule has 0 bridgehead atoms. The lowest BCUT2D eigenvalue weighted by atomic mass is 9.89. The molecule has 3 heterocycles. The number of benzene rings is 1. The summed E-state index contributed by atoms with van der Waals surface area (Å²) in [4.78, 5) is 35.1. The van der Waals surface area contributed by atoms with E-state index in [0.29, 0.717) is 27.5 Å². The van der Waals surface area contributed by atoms with Crippen LogP contribution in [-0.2, 0) is 0 Å². The van der Waals surface area contributed by atoms with E-state index >= 15 is 0 Å². The average molecular weight is 413 g/mol.